The van der Waals surface area contributed by atoms with Crippen LogP contribution in [0.1, 0.15) is 12.5 Å². The predicted molar refractivity (Wildman–Crippen MR) is 96.5 cm³/mol. The first-order chi connectivity index (χ1) is 13.5. The predicted octanol–water partition coefficient (Wildman–Crippen LogP) is 2.02. The molecule has 1 fully saturated rings. The molecule has 0 saturated carbocycles. The molecule has 0 aliphatic carbocycles. The van der Waals surface area contributed by atoms with E-state index in [4.69, 9.17) is 18.9 Å². The lowest BCUT2D eigenvalue weighted by atomic mass is 9.91. The van der Waals surface area contributed by atoms with E-state index in [2.05, 4.69) is 5.32 Å². The van der Waals surface area contributed by atoms with Gasteiger partial charge in [-0.25, -0.2) is 4.79 Å². The summed E-state index contributed by atoms with van der Waals surface area (Å²) in [5.41, 5.74) is -0.561. The third-order valence-corrected chi connectivity index (χ3v) is 5.18. The SMILES string of the molecule is CC1(c2ccc3c(c2)OCO3)NC(=O)N(CC2COc3ccccc3O2)C1=O. The highest BCUT2D eigenvalue weighted by atomic mass is 16.7. The lowest BCUT2D eigenvalue weighted by Crippen LogP contribution is -2.45. The average Bonchev–Trinajstić information content (AvgIpc) is 3.26. The number of carbonyl (C=O) groups excluding carboxylic acids is 2. The molecular weight excluding hydrogens is 364 g/mol. The normalized spacial score (nSPS) is 25.0. The summed E-state index contributed by atoms with van der Waals surface area (Å²) >= 11 is 0. The molecule has 2 unspecified atom stereocenters. The fourth-order valence-electron chi connectivity index (χ4n) is 3.62. The largest absolute Gasteiger partial charge is 0.486 e. The molecule has 3 heterocycles. The number of benzene rings is 2. The van der Waals surface area contributed by atoms with Gasteiger partial charge in [-0.05, 0) is 36.8 Å². The highest BCUT2D eigenvalue weighted by Gasteiger charge is 2.50. The van der Waals surface area contributed by atoms with Gasteiger partial charge in [-0.2, -0.15) is 0 Å². The Bertz CT molecular complexity index is 977. The van der Waals surface area contributed by atoms with Crippen LogP contribution in [0.5, 0.6) is 23.0 Å². The molecule has 3 aliphatic rings. The Kier molecular flexibility index (Phi) is 3.61. The van der Waals surface area contributed by atoms with Crippen molar-refractivity contribution in [1.82, 2.24) is 10.2 Å². The van der Waals surface area contributed by atoms with E-state index < -0.39 is 17.7 Å². The van der Waals surface area contributed by atoms with E-state index in [0.717, 1.165) is 0 Å². The van der Waals surface area contributed by atoms with Crippen molar-refractivity contribution in [2.45, 2.75) is 18.6 Å². The summed E-state index contributed by atoms with van der Waals surface area (Å²) in [4.78, 5) is 26.9. The number of amides is 3. The molecule has 8 nitrogen and oxygen atoms in total. The number of rotatable bonds is 3. The van der Waals surface area contributed by atoms with Gasteiger partial charge in [0.2, 0.25) is 6.79 Å². The van der Waals surface area contributed by atoms with E-state index in [9.17, 15) is 9.59 Å². The Hall–Kier alpha value is -3.42. The van der Waals surface area contributed by atoms with Gasteiger partial charge in [0, 0.05) is 0 Å². The van der Waals surface area contributed by atoms with Gasteiger partial charge in [-0.3, -0.25) is 9.69 Å². The maximum absolute atomic E-state index is 13.1. The number of carbonyl (C=O) groups is 2. The number of hydrogen-bond donors (Lipinski definition) is 1. The van der Waals surface area contributed by atoms with Crippen molar-refractivity contribution in [2.24, 2.45) is 0 Å². The van der Waals surface area contributed by atoms with Crippen molar-refractivity contribution in [2.75, 3.05) is 19.9 Å². The van der Waals surface area contributed by atoms with Gasteiger partial charge >= 0.3 is 6.03 Å². The second-order valence-electron chi connectivity index (χ2n) is 7.04. The zero-order valence-corrected chi connectivity index (χ0v) is 15.1. The van der Waals surface area contributed by atoms with Crippen LogP contribution in [0.2, 0.25) is 0 Å². The second kappa shape index (κ2) is 6.05. The van der Waals surface area contributed by atoms with E-state index in [0.29, 0.717) is 28.6 Å². The first-order valence-corrected chi connectivity index (χ1v) is 8.97. The smallest absolute Gasteiger partial charge is 0.325 e. The maximum atomic E-state index is 13.1. The quantitative estimate of drug-likeness (QED) is 0.818. The summed E-state index contributed by atoms with van der Waals surface area (Å²) in [6, 6.07) is 12.1. The van der Waals surface area contributed by atoms with E-state index >= 15 is 0 Å². The van der Waals surface area contributed by atoms with Crippen molar-refractivity contribution in [3.63, 3.8) is 0 Å². The molecule has 0 bridgehead atoms. The van der Waals surface area contributed by atoms with Crippen molar-refractivity contribution < 1.29 is 28.5 Å². The van der Waals surface area contributed by atoms with Crippen molar-refractivity contribution >= 4 is 11.9 Å². The van der Waals surface area contributed by atoms with Gasteiger partial charge in [-0.15, -0.1) is 0 Å². The molecule has 0 spiro atoms. The number of urea groups is 1. The van der Waals surface area contributed by atoms with E-state index in [1.54, 1.807) is 31.2 Å². The van der Waals surface area contributed by atoms with Crippen LogP contribution < -0.4 is 24.3 Å². The fraction of sp³-hybridized carbons (Fsp3) is 0.300. The van der Waals surface area contributed by atoms with Gasteiger partial charge in [0.1, 0.15) is 12.1 Å². The molecule has 2 aromatic carbocycles. The molecule has 0 radical (unpaired) electrons. The zero-order chi connectivity index (χ0) is 19.3. The summed E-state index contributed by atoms with van der Waals surface area (Å²) in [5.74, 6) is 2.08. The molecule has 0 aromatic heterocycles. The summed E-state index contributed by atoms with van der Waals surface area (Å²) in [6.07, 6.45) is -0.441. The minimum absolute atomic E-state index is 0.0964. The molecule has 3 aliphatic heterocycles. The molecular formula is C20H18N2O6. The molecule has 3 amide bonds. The van der Waals surface area contributed by atoms with Gasteiger partial charge in [0.05, 0.1) is 6.54 Å². The average molecular weight is 382 g/mol. The highest BCUT2D eigenvalue weighted by Crippen LogP contribution is 2.38. The van der Waals surface area contributed by atoms with Crippen LogP contribution in [0.25, 0.3) is 0 Å². The Labute approximate surface area is 160 Å². The van der Waals surface area contributed by atoms with Crippen LogP contribution in [0.15, 0.2) is 42.5 Å². The van der Waals surface area contributed by atoms with Crippen molar-refractivity contribution in [3.05, 3.63) is 48.0 Å². The Morgan fingerprint density at radius 3 is 2.64 bits per heavy atom. The van der Waals surface area contributed by atoms with Gasteiger partial charge in [0.25, 0.3) is 5.91 Å². The Morgan fingerprint density at radius 1 is 1.04 bits per heavy atom. The molecule has 8 heteroatoms. The van der Waals surface area contributed by atoms with Crippen LogP contribution >= 0.6 is 0 Å². The standard InChI is InChI=1S/C20H18N2O6/c1-20(12-6-7-15-17(8-12)27-11-26-15)18(23)22(19(24)21-20)9-13-10-25-14-4-2-3-5-16(14)28-13/h2-8,13H,9-11H2,1H3,(H,21,24). The van der Waals surface area contributed by atoms with Crippen LogP contribution in [-0.4, -0.2) is 42.9 Å². The third kappa shape index (κ3) is 2.52. The van der Waals surface area contributed by atoms with E-state index in [-0.39, 0.29) is 25.9 Å². The van der Waals surface area contributed by atoms with Gasteiger partial charge < -0.3 is 24.3 Å². The van der Waals surface area contributed by atoms with Crippen LogP contribution in [0.4, 0.5) is 4.79 Å². The zero-order valence-electron chi connectivity index (χ0n) is 15.1. The number of ether oxygens (including phenoxy) is 4. The van der Waals surface area contributed by atoms with Crippen LogP contribution in [-0.2, 0) is 10.3 Å². The molecule has 144 valence electrons. The van der Waals surface area contributed by atoms with Gasteiger partial charge in [-0.1, -0.05) is 18.2 Å². The number of para-hydroxylation sites is 2. The summed E-state index contributed by atoms with van der Waals surface area (Å²) in [6.45, 7) is 2.18. The lowest BCUT2D eigenvalue weighted by molar-refractivity contribution is -0.132. The Balaban J connectivity index is 1.36. The number of fused-ring (bicyclic) bond motifs is 2. The number of nitrogens with one attached hydrogen (secondary N) is 1. The molecule has 5 rings (SSSR count). The van der Waals surface area contributed by atoms with E-state index in [1.165, 1.54) is 4.90 Å². The monoisotopic (exact) mass is 382 g/mol. The summed E-state index contributed by atoms with van der Waals surface area (Å²) in [5, 5.41) is 2.79. The van der Waals surface area contributed by atoms with Crippen LogP contribution in [0.3, 0.4) is 0 Å². The fourth-order valence-corrected chi connectivity index (χ4v) is 3.62. The van der Waals surface area contributed by atoms with Gasteiger partial charge in [0.15, 0.2) is 29.1 Å². The second-order valence-corrected chi connectivity index (χ2v) is 7.04. The van der Waals surface area contributed by atoms with Crippen LogP contribution in [0, 0.1) is 0 Å². The highest BCUT2D eigenvalue weighted by molar-refractivity contribution is 6.07. The number of nitrogens with zero attached hydrogens (tertiary/aromatic N) is 1. The molecule has 1 saturated heterocycles. The summed E-state index contributed by atoms with van der Waals surface area (Å²) in [7, 11) is 0. The minimum Gasteiger partial charge on any atom is -0.486 e. The van der Waals surface area contributed by atoms with Crippen molar-refractivity contribution in [3.8, 4) is 23.0 Å². The molecule has 1 N–H and O–H groups in total. The van der Waals surface area contributed by atoms with E-state index in [1.807, 2.05) is 18.2 Å². The first kappa shape index (κ1) is 16.7. The van der Waals surface area contributed by atoms with Crippen molar-refractivity contribution in [1.29, 1.82) is 0 Å². The lowest BCUT2D eigenvalue weighted by Gasteiger charge is -2.29. The molecule has 2 atom stereocenters. The third-order valence-electron chi connectivity index (χ3n) is 5.18. The number of imide groups is 1. The maximum Gasteiger partial charge on any atom is 0.325 e. The first-order valence-electron chi connectivity index (χ1n) is 8.97. The topological polar surface area (TPSA) is 86.3 Å². The molecule has 28 heavy (non-hydrogen) atoms. The summed E-state index contributed by atoms with van der Waals surface area (Å²) < 4.78 is 22.3. The number of hydrogen-bond acceptors (Lipinski definition) is 6. The Morgan fingerprint density at radius 2 is 1.79 bits per heavy atom. The molecule has 2 aromatic rings. The minimum atomic E-state index is -1.19.